The predicted molar refractivity (Wildman–Crippen MR) is 182 cm³/mol. The molecule has 4 rings (SSSR count). The first kappa shape index (κ1) is 36.0. The fourth-order valence-electron chi connectivity index (χ4n) is 3.16. The van der Waals surface area contributed by atoms with Gasteiger partial charge in [0.1, 0.15) is 17.9 Å². The summed E-state index contributed by atoms with van der Waals surface area (Å²) < 4.78 is 24.9. The maximum absolute atomic E-state index is 12.7. The third-order valence-corrected chi connectivity index (χ3v) is 5.90. The lowest BCUT2D eigenvalue weighted by atomic mass is 10.1. The quantitative estimate of drug-likeness (QED) is 0.0403. The van der Waals surface area contributed by atoms with Gasteiger partial charge in [-0.15, -0.1) is 0 Å². The van der Waals surface area contributed by atoms with Gasteiger partial charge in [-0.2, -0.15) is 5.10 Å². The minimum absolute atomic E-state index is 0.0103. The molecule has 0 bridgehead atoms. The maximum atomic E-state index is 12.7. The van der Waals surface area contributed by atoms with Crippen LogP contribution in [0.25, 0.3) is 0 Å². The summed E-state index contributed by atoms with van der Waals surface area (Å²) in [7, 11) is 0. The van der Waals surface area contributed by atoms with Crippen LogP contribution in [-0.4, -0.2) is 34.3 Å². The lowest BCUT2D eigenvalue weighted by Gasteiger charge is -2.07. The van der Waals surface area contributed by atoms with Crippen molar-refractivity contribution in [3.8, 4) is 0 Å². The number of benzene rings is 4. The van der Waals surface area contributed by atoms with Crippen LogP contribution in [0.1, 0.15) is 50.5 Å². The first-order valence-corrected chi connectivity index (χ1v) is 13.9. The number of anilines is 2. The number of hydrogen-bond acceptors (Lipinski definition) is 7. The van der Waals surface area contributed by atoms with Gasteiger partial charge in [0, 0.05) is 28.1 Å². The third-order valence-electron chi connectivity index (χ3n) is 5.49. The zero-order valence-corrected chi connectivity index (χ0v) is 25.8. The smallest absolute Gasteiger partial charge is 0.191 e. The Kier molecular flexibility index (Phi) is 15.3. The number of thiocarbonyl (C=S) groups is 2. The van der Waals surface area contributed by atoms with Gasteiger partial charge in [-0.1, -0.05) is 12.1 Å². The Hall–Kier alpha value is -5.24. The highest BCUT2D eigenvalue weighted by atomic mass is 32.1. The normalized spacial score (nSPS) is 9.80. The number of hydrazone groups is 1. The second-order valence-electron chi connectivity index (χ2n) is 8.91. The summed E-state index contributed by atoms with van der Waals surface area (Å²) >= 11 is 9.90. The van der Waals surface area contributed by atoms with E-state index in [-0.39, 0.29) is 23.2 Å². The fourth-order valence-corrected chi connectivity index (χ4v) is 3.45. The van der Waals surface area contributed by atoms with E-state index in [0.717, 1.165) is 16.9 Å². The van der Waals surface area contributed by atoms with Gasteiger partial charge < -0.3 is 16.1 Å². The third kappa shape index (κ3) is 14.2. The average molecular weight is 649 g/mol. The number of aldehydes is 1. The van der Waals surface area contributed by atoms with E-state index in [1.807, 2.05) is 0 Å². The molecule has 13 heteroatoms. The molecule has 0 heterocycles. The number of hydrazine groups is 1. The molecule has 45 heavy (non-hydrogen) atoms. The van der Waals surface area contributed by atoms with E-state index < -0.39 is 0 Å². The number of nitrogens with two attached hydrogens (primary N) is 1. The summed E-state index contributed by atoms with van der Waals surface area (Å²) in [5.74, 6) is 4.52. The van der Waals surface area contributed by atoms with Crippen molar-refractivity contribution in [1.82, 2.24) is 10.9 Å². The standard InChI is InChI=1S/C16H14FN3OS.C9H11N3OS.C7H5FO/c1-11(21)13-4-8-15(9-5-13)19-16(22)20-18-10-12-2-6-14(17)7-3-12;1-6(13)7-2-4-8(5-3-7)11-9(14)12-10;8-7-3-1-6(5-9)2-4-7/h2-10H,1H3,(H2,19,20,22);2-5H,10H2,1H3,(H2,11,12,14);1-5H/b18-10+;;. The van der Waals surface area contributed by atoms with Crippen LogP contribution in [0.4, 0.5) is 20.2 Å². The molecule has 0 saturated carbocycles. The van der Waals surface area contributed by atoms with Gasteiger partial charge in [0.25, 0.3) is 0 Å². The number of carbonyl (C=O) groups excluding carboxylic acids is 3. The molecule has 4 aromatic carbocycles. The van der Waals surface area contributed by atoms with Crippen molar-refractivity contribution >= 4 is 70.1 Å². The van der Waals surface area contributed by atoms with Crippen molar-refractivity contribution in [3.05, 3.63) is 131 Å². The molecule has 232 valence electrons. The minimum Gasteiger partial charge on any atom is -0.332 e. The second-order valence-corrected chi connectivity index (χ2v) is 9.73. The van der Waals surface area contributed by atoms with Crippen LogP contribution in [0.3, 0.4) is 0 Å². The molecular weight excluding hydrogens is 619 g/mol. The molecule has 0 amide bonds. The van der Waals surface area contributed by atoms with Crippen LogP contribution in [0, 0.1) is 11.6 Å². The molecule has 0 aliphatic rings. The van der Waals surface area contributed by atoms with Crippen LogP contribution in [-0.2, 0) is 0 Å². The van der Waals surface area contributed by atoms with Crippen LogP contribution >= 0.6 is 24.4 Å². The molecule has 0 aliphatic carbocycles. The second kappa shape index (κ2) is 19.1. The van der Waals surface area contributed by atoms with Crippen molar-refractivity contribution in [3.63, 3.8) is 0 Å². The average Bonchev–Trinajstić information content (AvgIpc) is 3.03. The van der Waals surface area contributed by atoms with Gasteiger partial charge >= 0.3 is 0 Å². The Morgan fingerprint density at radius 1 is 0.667 bits per heavy atom. The first-order chi connectivity index (χ1) is 21.5. The number of carbonyl (C=O) groups is 3. The van der Waals surface area contributed by atoms with Gasteiger partial charge in [0.2, 0.25) is 0 Å². The first-order valence-electron chi connectivity index (χ1n) is 13.1. The SMILES string of the molecule is CC(=O)c1ccc(NC(=S)N/N=C/c2ccc(F)cc2)cc1.CC(=O)c1ccc(NC(=S)NN)cc1.O=Cc1ccc(F)cc1. The molecule has 0 unspecified atom stereocenters. The zero-order valence-electron chi connectivity index (χ0n) is 24.2. The van der Waals surface area contributed by atoms with Gasteiger partial charge in [0.15, 0.2) is 21.8 Å². The summed E-state index contributed by atoms with van der Waals surface area (Å²) in [5.41, 5.74) is 9.06. The van der Waals surface area contributed by atoms with Crippen molar-refractivity contribution in [2.24, 2.45) is 10.9 Å². The Bertz CT molecular complexity index is 1620. The van der Waals surface area contributed by atoms with E-state index in [1.54, 1.807) is 60.7 Å². The molecule has 0 atom stereocenters. The lowest BCUT2D eigenvalue weighted by Crippen LogP contribution is -2.34. The predicted octanol–water partition coefficient (Wildman–Crippen LogP) is 6.04. The molecule has 0 spiro atoms. The van der Waals surface area contributed by atoms with E-state index in [1.165, 1.54) is 56.5 Å². The lowest BCUT2D eigenvalue weighted by molar-refractivity contribution is 0.100. The highest BCUT2D eigenvalue weighted by Gasteiger charge is 2.01. The van der Waals surface area contributed by atoms with Crippen molar-refractivity contribution < 1.29 is 23.2 Å². The number of hydrogen-bond donors (Lipinski definition) is 5. The van der Waals surface area contributed by atoms with E-state index in [0.29, 0.717) is 33.2 Å². The van der Waals surface area contributed by atoms with E-state index in [2.05, 4.69) is 26.6 Å². The zero-order chi connectivity index (χ0) is 33.2. The van der Waals surface area contributed by atoms with Crippen LogP contribution in [0.5, 0.6) is 0 Å². The Morgan fingerprint density at radius 2 is 1.07 bits per heavy atom. The molecular formula is C32H30F2N6O3S2. The summed E-state index contributed by atoms with van der Waals surface area (Å²) in [5, 5.41) is 10.4. The Morgan fingerprint density at radius 3 is 1.44 bits per heavy atom. The number of rotatable bonds is 7. The molecule has 0 radical (unpaired) electrons. The number of halogens is 2. The molecule has 0 fully saturated rings. The van der Waals surface area contributed by atoms with Crippen LogP contribution in [0.15, 0.2) is 102 Å². The molecule has 9 nitrogen and oxygen atoms in total. The Labute approximate surface area is 269 Å². The van der Waals surface area contributed by atoms with Crippen molar-refractivity contribution in [2.45, 2.75) is 13.8 Å². The summed E-state index contributed by atoms with van der Waals surface area (Å²) in [6.45, 7) is 3.04. The van der Waals surface area contributed by atoms with Gasteiger partial charge in [-0.25, -0.2) is 14.6 Å². The topological polar surface area (TPSA) is 138 Å². The van der Waals surface area contributed by atoms with Crippen molar-refractivity contribution in [1.29, 1.82) is 0 Å². The largest absolute Gasteiger partial charge is 0.332 e. The monoisotopic (exact) mass is 648 g/mol. The highest BCUT2D eigenvalue weighted by molar-refractivity contribution is 7.80. The van der Waals surface area contributed by atoms with Crippen LogP contribution in [0.2, 0.25) is 0 Å². The number of nitrogens with zero attached hydrogens (tertiary/aromatic N) is 1. The molecule has 0 aromatic heterocycles. The number of nitrogens with one attached hydrogen (secondary N) is 4. The van der Waals surface area contributed by atoms with Gasteiger partial charge in [-0.3, -0.25) is 19.8 Å². The minimum atomic E-state index is -0.319. The van der Waals surface area contributed by atoms with E-state index >= 15 is 0 Å². The summed E-state index contributed by atoms with van der Waals surface area (Å²) in [6, 6.07) is 25.2. The van der Waals surface area contributed by atoms with Gasteiger partial charge in [0.05, 0.1) is 6.21 Å². The maximum Gasteiger partial charge on any atom is 0.191 e. The summed E-state index contributed by atoms with van der Waals surface area (Å²) in [4.78, 5) is 32.1. The van der Waals surface area contributed by atoms with E-state index in [4.69, 9.17) is 30.3 Å². The molecule has 6 N–H and O–H groups in total. The summed E-state index contributed by atoms with van der Waals surface area (Å²) in [6.07, 6.45) is 2.21. The molecule has 0 saturated heterocycles. The fraction of sp³-hybridized carbons (Fsp3) is 0.0625. The van der Waals surface area contributed by atoms with Crippen LogP contribution < -0.4 is 27.3 Å². The van der Waals surface area contributed by atoms with Crippen molar-refractivity contribution in [2.75, 3.05) is 10.6 Å². The van der Waals surface area contributed by atoms with Gasteiger partial charge in [-0.05, 0) is 129 Å². The number of Topliss-reactive ketones (excluding diaryl/α,β-unsaturated/α-hetero) is 2. The molecule has 4 aromatic rings. The number of ketones is 2. The highest BCUT2D eigenvalue weighted by Crippen LogP contribution is 2.11. The van der Waals surface area contributed by atoms with E-state index in [9.17, 15) is 23.2 Å². The molecule has 0 aliphatic heterocycles. The Balaban J connectivity index is 0.000000261.